The number of unbranched alkanes of at least 4 members (excludes halogenated alkanes) is 1. The van der Waals surface area contributed by atoms with Crippen molar-refractivity contribution in [3.05, 3.63) is 35.9 Å². The van der Waals surface area contributed by atoms with Crippen molar-refractivity contribution in [3.63, 3.8) is 0 Å². The van der Waals surface area contributed by atoms with Gasteiger partial charge in [0, 0.05) is 11.5 Å². The molecule has 0 fully saturated rings. The molecule has 19 heavy (non-hydrogen) atoms. The van der Waals surface area contributed by atoms with Crippen LogP contribution in [-0.4, -0.2) is 23.5 Å². The van der Waals surface area contributed by atoms with Gasteiger partial charge in [0.25, 0.3) is 0 Å². The van der Waals surface area contributed by atoms with Gasteiger partial charge < -0.3 is 0 Å². The second-order valence-corrected chi connectivity index (χ2v) is 7.48. The Morgan fingerprint density at radius 1 is 1.21 bits per heavy atom. The van der Waals surface area contributed by atoms with E-state index in [1.165, 1.54) is 31.4 Å². The van der Waals surface area contributed by atoms with E-state index in [0.717, 1.165) is 11.5 Å². The van der Waals surface area contributed by atoms with Gasteiger partial charge in [0.05, 0.1) is 6.26 Å². The summed E-state index contributed by atoms with van der Waals surface area (Å²) in [6.07, 6.45) is 7.41. The number of benzene rings is 1. The van der Waals surface area contributed by atoms with Gasteiger partial charge in [-0.05, 0) is 23.7 Å². The number of Topliss-reactive ketones (excluding diaryl/α,β-unsaturated/α-hetero) is 1. The molecule has 0 aliphatic heterocycles. The molecule has 0 spiro atoms. The van der Waals surface area contributed by atoms with E-state index in [0.29, 0.717) is 11.5 Å². The van der Waals surface area contributed by atoms with Crippen molar-refractivity contribution in [2.75, 3.05) is 17.8 Å². The van der Waals surface area contributed by atoms with Crippen molar-refractivity contribution in [2.24, 2.45) is 5.92 Å². The molecule has 0 N–H and O–H groups in total. The monoisotopic (exact) mass is 279 g/mol. The molecule has 1 aromatic rings. The summed E-state index contributed by atoms with van der Waals surface area (Å²) in [5.41, 5.74) is 0.864. The number of rotatable bonds is 9. The molecule has 2 unspecified atom stereocenters. The van der Waals surface area contributed by atoms with Crippen LogP contribution in [0.1, 0.15) is 49.9 Å². The lowest BCUT2D eigenvalue weighted by atomic mass is 10.0. The smallest absolute Gasteiger partial charge is 0.211 e. The molecule has 0 saturated heterocycles. The lowest BCUT2D eigenvalue weighted by Crippen LogP contribution is -2.22. The molecule has 0 aliphatic rings. The molecule has 1 rings (SSSR count). The fraction of sp³-hybridized carbons (Fsp3) is 0.588. The number of carbonyl (C=O) groups is 1. The topological polar surface area (TPSA) is 17.1 Å². The van der Waals surface area contributed by atoms with Crippen LogP contribution in [0.2, 0.25) is 0 Å². The van der Waals surface area contributed by atoms with E-state index < -0.39 is 0 Å². The molecule has 2 heteroatoms. The van der Waals surface area contributed by atoms with Gasteiger partial charge in [0.2, 0.25) is 5.78 Å². The maximum atomic E-state index is 12.1. The zero-order chi connectivity index (χ0) is 14.1. The highest BCUT2D eigenvalue weighted by Crippen LogP contribution is 2.16. The summed E-state index contributed by atoms with van der Waals surface area (Å²) in [5.74, 6) is 3.04. The third-order valence-electron chi connectivity index (χ3n) is 3.54. The lowest BCUT2D eigenvalue weighted by Gasteiger charge is -2.13. The maximum Gasteiger partial charge on any atom is 0.211 e. The molecule has 0 aliphatic carbocycles. The second-order valence-electron chi connectivity index (χ2n) is 5.30. The van der Waals surface area contributed by atoms with E-state index in [1.807, 2.05) is 30.3 Å². The number of hydrogen-bond donors (Lipinski definition) is 0. The minimum atomic E-state index is 0.216. The van der Waals surface area contributed by atoms with Gasteiger partial charge in [0.1, 0.15) is 5.75 Å². The van der Waals surface area contributed by atoms with Crippen molar-refractivity contribution in [1.82, 2.24) is 0 Å². The largest absolute Gasteiger partial charge is 0.289 e. The van der Waals surface area contributed by atoms with Crippen molar-refractivity contribution in [3.8, 4) is 0 Å². The predicted octanol–water partition coefficient (Wildman–Crippen LogP) is 4.33. The minimum Gasteiger partial charge on any atom is -0.289 e. The average molecular weight is 279 g/mol. The van der Waals surface area contributed by atoms with Crippen LogP contribution in [0.3, 0.4) is 0 Å². The standard InChI is InChI=1S/C17H27OS/c1-4-6-10-15(5-2)13-19(3)14-17(18)16-11-8-7-9-12-16/h7-9,11-12,15H,4-6,10,13-14H2,1-3H3/q+1. The molecule has 0 heterocycles. The van der Waals surface area contributed by atoms with Crippen LogP contribution < -0.4 is 0 Å². The fourth-order valence-electron chi connectivity index (χ4n) is 2.29. The summed E-state index contributed by atoms with van der Waals surface area (Å²) >= 11 is 0. The normalized spacial score (nSPS) is 14.1. The summed E-state index contributed by atoms with van der Waals surface area (Å²) in [6, 6.07) is 9.69. The third-order valence-corrected chi connectivity index (χ3v) is 5.33. The Kier molecular flexibility index (Phi) is 7.88. The second kappa shape index (κ2) is 9.19. The van der Waals surface area contributed by atoms with Gasteiger partial charge in [0.15, 0.2) is 5.75 Å². The molecule has 0 amide bonds. The van der Waals surface area contributed by atoms with E-state index >= 15 is 0 Å². The Labute approximate surface area is 121 Å². The maximum absolute atomic E-state index is 12.1. The molecular formula is C17H27OS+. The summed E-state index contributed by atoms with van der Waals surface area (Å²) in [6.45, 7) is 4.52. The fourth-order valence-corrected chi connectivity index (χ4v) is 4.23. The van der Waals surface area contributed by atoms with Crippen molar-refractivity contribution in [1.29, 1.82) is 0 Å². The van der Waals surface area contributed by atoms with Gasteiger partial charge in [-0.25, -0.2) is 0 Å². The summed E-state index contributed by atoms with van der Waals surface area (Å²) < 4.78 is 0. The summed E-state index contributed by atoms with van der Waals surface area (Å²) in [4.78, 5) is 12.1. The van der Waals surface area contributed by atoms with E-state index in [1.54, 1.807) is 0 Å². The van der Waals surface area contributed by atoms with E-state index in [4.69, 9.17) is 0 Å². The Bertz CT molecular complexity index is 361. The highest BCUT2D eigenvalue weighted by molar-refractivity contribution is 7.96. The number of ketones is 1. The van der Waals surface area contributed by atoms with Crippen LogP contribution in [0.5, 0.6) is 0 Å². The summed E-state index contributed by atoms with van der Waals surface area (Å²) in [7, 11) is 0.216. The first-order valence-electron chi connectivity index (χ1n) is 7.34. The first-order valence-corrected chi connectivity index (χ1v) is 9.31. The van der Waals surface area contributed by atoms with Crippen molar-refractivity contribution < 1.29 is 4.79 Å². The Hall–Kier alpha value is -0.760. The van der Waals surface area contributed by atoms with Gasteiger partial charge in [-0.1, -0.05) is 57.0 Å². The van der Waals surface area contributed by atoms with Crippen LogP contribution in [0, 0.1) is 5.92 Å². The predicted molar refractivity (Wildman–Crippen MR) is 87.1 cm³/mol. The van der Waals surface area contributed by atoms with Gasteiger partial charge in [-0.2, -0.15) is 0 Å². The van der Waals surface area contributed by atoms with Crippen molar-refractivity contribution in [2.45, 2.75) is 39.5 Å². The Morgan fingerprint density at radius 2 is 1.89 bits per heavy atom. The molecule has 106 valence electrons. The van der Waals surface area contributed by atoms with Gasteiger partial charge in [-0.3, -0.25) is 4.79 Å². The molecule has 0 radical (unpaired) electrons. The first kappa shape index (κ1) is 16.3. The molecule has 2 atom stereocenters. The van der Waals surface area contributed by atoms with E-state index in [9.17, 15) is 4.79 Å². The molecular weight excluding hydrogens is 252 g/mol. The van der Waals surface area contributed by atoms with Crippen molar-refractivity contribution >= 4 is 16.7 Å². The molecule has 0 aromatic heterocycles. The van der Waals surface area contributed by atoms with Gasteiger partial charge in [-0.15, -0.1) is 0 Å². The van der Waals surface area contributed by atoms with Crippen LogP contribution in [0.25, 0.3) is 0 Å². The first-order chi connectivity index (χ1) is 9.17. The molecule has 1 nitrogen and oxygen atoms in total. The highest BCUT2D eigenvalue weighted by atomic mass is 32.2. The molecule has 1 aromatic carbocycles. The molecule has 0 saturated carbocycles. The van der Waals surface area contributed by atoms with Crippen LogP contribution in [0.15, 0.2) is 30.3 Å². The quantitative estimate of drug-likeness (QED) is 0.485. The van der Waals surface area contributed by atoms with Gasteiger partial charge >= 0.3 is 0 Å². The zero-order valence-electron chi connectivity index (χ0n) is 12.5. The van der Waals surface area contributed by atoms with Crippen LogP contribution in [-0.2, 0) is 10.9 Å². The van der Waals surface area contributed by atoms with Crippen LogP contribution in [0.4, 0.5) is 0 Å². The van der Waals surface area contributed by atoms with Crippen LogP contribution >= 0.6 is 0 Å². The van der Waals surface area contributed by atoms with E-state index in [2.05, 4.69) is 20.1 Å². The van der Waals surface area contributed by atoms with E-state index in [-0.39, 0.29) is 10.9 Å². The SMILES string of the molecule is CCCCC(CC)C[S+](C)CC(=O)c1ccccc1. The Morgan fingerprint density at radius 3 is 2.47 bits per heavy atom. The average Bonchev–Trinajstić information content (AvgIpc) is 2.44. The number of carbonyl (C=O) groups excluding carboxylic acids is 1. The lowest BCUT2D eigenvalue weighted by molar-refractivity contribution is 0.102. The Balaban J connectivity index is 2.41. The third kappa shape index (κ3) is 6.29. The highest BCUT2D eigenvalue weighted by Gasteiger charge is 2.22. The number of hydrogen-bond acceptors (Lipinski definition) is 1. The molecule has 0 bridgehead atoms. The summed E-state index contributed by atoms with van der Waals surface area (Å²) in [5, 5.41) is 0. The minimum absolute atomic E-state index is 0.216. The zero-order valence-corrected chi connectivity index (χ0v) is 13.3.